The Labute approximate surface area is 166 Å². The van der Waals surface area contributed by atoms with Gasteiger partial charge in [0.25, 0.3) is 0 Å². The first-order valence-electron chi connectivity index (χ1n) is 9.84. The van der Waals surface area contributed by atoms with Crippen molar-refractivity contribution in [3.8, 4) is 17.0 Å². The minimum atomic E-state index is -1.05. The molecule has 2 unspecified atom stereocenters. The van der Waals surface area contributed by atoms with Crippen LogP contribution in [0.4, 0.5) is 14.6 Å². The van der Waals surface area contributed by atoms with Gasteiger partial charge in [-0.05, 0) is 37.9 Å². The molecule has 2 aliphatic rings. The highest BCUT2D eigenvalue weighted by molar-refractivity contribution is 5.75. The minimum absolute atomic E-state index is 0.0362. The summed E-state index contributed by atoms with van der Waals surface area (Å²) < 4.78 is 35.6. The first kappa shape index (κ1) is 18.2. The van der Waals surface area contributed by atoms with Gasteiger partial charge in [0.05, 0.1) is 42.5 Å². The second kappa shape index (κ2) is 7.22. The van der Waals surface area contributed by atoms with Gasteiger partial charge in [-0.1, -0.05) is 0 Å². The number of nitrogens with zero attached hydrogens (tertiary/aromatic N) is 4. The summed E-state index contributed by atoms with van der Waals surface area (Å²) >= 11 is 0. The van der Waals surface area contributed by atoms with Crippen LogP contribution in [0, 0.1) is 5.82 Å². The summed E-state index contributed by atoms with van der Waals surface area (Å²) in [6.45, 7) is 1.05. The van der Waals surface area contributed by atoms with Crippen molar-refractivity contribution in [1.29, 1.82) is 0 Å². The molecule has 152 valence electrons. The lowest BCUT2D eigenvalue weighted by molar-refractivity contribution is 0.240. The number of nitrogens with one attached hydrogen (secondary N) is 2. The third-order valence-corrected chi connectivity index (χ3v) is 5.51. The van der Waals surface area contributed by atoms with Gasteiger partial charge in [-0.25, -0.2) is 23.3 Å². The van der Waals surface area contributed by atoms with Crippen molar-refractivity contribution in [2.45, 2.75) is 37.4 Å². The molecule has 0 radical (unpaired) electrons. The average molecular weight is 400 g/mol. The lowest BCUT2D eigenvalue weighted by Crippen LogP contribution is -2.46. The Hall–Kier alpha value is -2.81. The topological polar surface area (TPSA) is 76.4 Å². The number of alkyl halides is 1. The highest BCUT2D eigenvalue weighted by Crippen LogP contribution is 2.43. The summed E-state index contributed by atoms with van der Waals surface area (Å²) in [5, 5.41) is 10.4. The normalized spacial score (nSPS) is 22.0. The fraction of sp³-hybridized carbons (Fsp3) is 0.450. The summed E-state index contributed by atoms with van der Waals surface area (Å²) in [7, 11) is 1.62. The molecule has 3 aromatic heterocycles. The maximum Gasteiger partial charge on any atom is 0.165 e. The number of piperidine rings is 1. The highest BCUT2D eigenvalue weighted by atomic mass is 19.1. The second-order valence-electron chi connectivity index (χ2n) is 7.58. The second-order valence-corrected chi connectivity index (χ2v) is 7.58. The molecule has 5 rings (SSSR count). The maximum atomic E-state index is 14.4. The molecule has 0 bridgehead atoms. The number of pyridine rings is 1. The van der Waals surface area contributed by atoms with Crippen LogP contribution in [0.2, 0.25) is 0 Å². The molecule has 1 aliphatic heterocycles. The molecule has 7 nitrogen and oxygen atoms in total. The van der Waals surface area contributed by atoms with E-state index >= 15 is 0 Å². The molecule has 0 amide bonds. The number of rotatable bonds is 5. The Balaban J connectivity index is 1.52. The summed E-state index contributed by atoms with van der Waals surface area (Å²) in [4.78, 5) is 9.20. The Morgan fingerprint density at radius 3 is 2.86 bits per heavy atom. The van der Waals surface area contributed by atoms with Crippen LogP contribution < -0.4 is 15.4 Å². The van der Waals surface area contributed by atoms with E-state index in [2.05, 4.69) is 20.7 Å². The molecular formula is C20H22F2N6O. The van der Waals surface area contributed by atoms with E-state index in [1.807, 2.05) is 6.20 Å². The molecular weight excluding hydrogens is 378 g/mol. The largest absolute Gasteiger partial charge is 0.493 e. The Kier molecular flexibility index (Phi) is 4.54. The number of fused-ring (bicyclic) bond motifs is 1. The number of anilines is 1. The van der Waals surface area contributed by atoms with Gasteiger partial charge < -0.3 is 15.4 Å². The standard InChI is InChI=1S/C20H22F2N6O/c1-29-17-10-28-20(27-18(17)11-2-3-11)12(8-24-28)15-5-4-14(22)19(25-15)26-16-9-23-7-6-13(16)21/h4-5,8,10-11,13,16,23H,2-3,6-7,9H2,1H3,(H,25,26). The summed E-state index contributed by atoms with van der Waals surface area (Å²) in [5.41, 5.74) is 2.77. The fourth-order valence-electron chi connectivity index (χ4n) is 3.73. The molecule has 1 saturated carbocycles. The summed E-state index contributed by atoms with van der Waals surface area (Å²) in [5.74, 6) is 0.629. The Bertz CT molecular complexity index is 1050. The number of hydrogen-bond acceptors (Lipinski definition) is 6. The van der Waals surface area contributed by atoms with E-state index in [1.165, 1.54) is 6.07 Å². The predicted molar refractivity (Wildman–Crippen MR) is 104 cm³/mol. The number of hydrogen-bond donors (Lipinski definition) is 2. The number of methoxy groups -OCH3 is 1. The molecule has 29 heavy (non-hydrogen) atoms. The van der Waals surface area contributed by atoms with E-state index < -0.39 is 18.0 Å². The van der Waals surface area contributed by atoms with Crippen LogP contribution in [0.3, 0.4) is 0 Å². The van der Waals surface area contributed by atoms with Crippen LogP contribution in [0.5, 0.6) is 5.75 Å². The number of ether oxygens (including phenoxy) is 1. The van der Waals surface area contributed by atoms with Gasteiger partial charge in [-0.3, -0.25) is 0 Å². The van der Waals surface area contributed by atoms with Crippen LogP contribution in [0.25, 0.3) is 16.9 Å². The van der Waals surface area contributed by atoms with Crippen molar-refractivity contribution < 1.29 is 13.5 Å². The molecule has 3 aromatic rings. The zero-order valence-electron chi connectivity index (χ0n) is 16.0. The molecule has 2 atom stereocenters. The van der Waals surface area contributed by atoms with Gasteiger partial charge in [-0.15, -0.1) is 0 Å². The third-order valence-electron chi connectivity index (χ3n) is 5.51. The van der Waals surface area contributed by atoms with Crippen molar-refractivity contribution in [1.82, 2.24) is 24.9 Å². The van der Waals surface area contributed by atoms with Crippen molar-refractivity contribution in [3.05, 3.63) is 36.0 Å². The van der Waals surface area contributed by atoms with Crippen LogP contribution in [0.1, 0.15) is 30.9 Å². The first-order chi connectivity index (χ1) is 14.1. The van der Waals surface area contributed by atoms with Gasteiger partial charge >= 0.3 is 0 Å². The van der Waals surface area contributed by atoms with Gasteiger partial charge in [-0.2, -0.15) is 5.10 Å². The quantitative estimate of drug-likeness (QED) is 0.686. The smallest absolute Gasteiger partial charge is 0.165 e. The third kappa shape index (κ3) is 3.39. The molecule has 9 heteroatoms. The molecule has 4 heterocycles. The van der Waals surface area contributed by atoms with Crippen LogP contribution in [0.15, 0.2) is 24.5 Å². The average Bonchev–Trinajstić information content (AvgIpc) is 3.50. The van der Waals surface area contributed by atoms with Gasteiger partial charge in [0.15, 0.2) is 23.0 Å². The Morgan fingerprint density at radius 2 is 2.10 bits per heavy atom. The van der Waals surface area contributed by atoms with E-state index in [9.17, 15) is 8.78 Å². The SMILES string of the molecule is COc1cn2ncc(-c3ccc(F)c(NC4CNCCC4F)n3)c2nc1C1CC1. The minimum Gasteiger partial charge on any atom is -0.493 e. The molecule has 2 N–H and O–H groups in total. The molecule has 1 saturated heterocycles. The monoisotopic (exact) mass is 400 g/mol. The van der Waals surface area contributed by atoms with Crippen molar-refractivity contribution >= 4 is 11.5 Å². The van der Waals surface area contributed by atoms with Crippen molar-refractivity contribution in [3.63, 3.8) is 0 Å². The van der Waals surface area contributed by atoms with Gasteiger partial charge in [0.1, 0.15) is 6.17 Å². The van der Waals surface area contributed by atoms with E-state index in [0.717, 1.165) is 18.5 Å². The molecule has 1 aliphatic carbocycles. The fourth-order valence-corrected chi connectivity index (χ4v) is 3.73. The van der Waals surface area contributed by atoms with Crippen LogP contribution in [-0.4, -0.2) is 52.0 Å². The zero-order chi connectivity index (χ0) is 20.0. The summed E-state index contributed by atoms with van der Waals surface area (Å²) in [6.07, 6.45) is 4.99. The summed E-state index contributed by atoms with van der Waals surface area (Å²) in [6, 6.07) is 2.41. The van der Waals surface area contributed by atoms with E-state index in [-0.39, 0.29) is 5.82 Å². The molecule has 0 spiro atoms. The zero-order valence-corrected chi connectivity index (χ0v) is 16.0. The molecule has 0 aromatic carbocycles. The highest BCUT2D eigenvalue weighted by Gasteiger charge is 2.30. The van der Waals surface area contributed by atoms with Crippen molar-refractivity contribution in [2.75, 3.05) is 25.5 Å². The predicted octanol–water partition coefficient (Wildman–Crippen LogP) is 2.93. The molecule has 2 fully saturated rings. The van der Waals surface area contributed by atoms with Crippen molar-refractivity contribution in [2.24, 2.45) is 0 Å². The number of aromatic nitrogens is 4. The van der Waals surface area contributed by atoms with Gasteiger partial charge in [0, 0.05) is 12.5 Å². The van der Waals surface area contributed by atoms with Crippen LogP contribution in [-0.2, 0) is 0 Å². The van der Waals surface area contributed by atoms with Gasteiger partial charge in [0.2, 0.25) is 0 Å². The lowest BCUT2D eigenvalue weighted by atomic mass is 10.1. The lowest BCUT2D eigenvalue weighted by Gasteiger charge is -2.28. The van der Waals surface area contributed by atoms with E-state index in [4.69, 9.17) is 9.72 Å². The first-order valence-corrected chi connectivity index (χ1v) is 9.84. The van der Waals surface area contributed by atoms with Crippen LogP contribution >= 0.6 is 0 Å². The maximum absolute atomic E-state index is 14.4. The van der Waals surface area contributed by atoms with E-state index in [1.54, 1.807) is 23.9 Å². The van der Waals surface area contributed by atoms with E-state index in [0.29, 0.717) is 48.1 Å². The Morgan fingerprint density at radius 1 is 1.24 bits per heavy atom. The number of halogens is 2.